The van der Waals surface area contributed by atoms with Gasteiger partial charge in [0.2, 0.25) is 0 Å². The second-order valence-electron chi connectivity index (χ2n) is 10.3. The molecule has 0 saturated carbocycles. The van der Waals surface area contributed by atoms with Gasteiger partial charge in [0.15, 0.2) is 6.30 Å². The van der Waals surface area contributed by atoms with Crippen molar-refractivity contribution in [3.63, 3.8) is 0 Å². The van der Waals surface area contributed by atoms with E-state index in [9.17, 15) is 13.6 Å². The van der Waals surface area contributed by atoms with E-state index in [4.69, 9.17) is 4.98 Å². The van der Waals surface area contributed by atoms with Gasteiger partial charge in [0.1, 0.15) is 17.5 Å². The number of fused-ring (bicyclic) bond motifs is 1. The highest BCUT2D eigenvalue weighted by molar-refractivity contribution is 6.14. The number of alkyl halides is 1. The minimum Gasteiger partial charge on any atom is -0.339 e. The number of aliphatic imine (C=N–C) groups is 1. The van der Waals surface area contributed by atoms with Gasteiger partial charge in [0.05, 0.1) is 22.3 Å². The Bertz CT molecular complexity index is 1630. The van der Waals surface area contributed by atoms with Crippen LogP contribution in [0.15, 0.2) is 77.9 Å². The number of hydrogen-bond donors (Lipinski definition) is 0. The van der Waals surface area contributed by atoms with Gasteiger partial charge in [-0.25, -0.2) is 18.2 Å². The van der Waals surface area contributed by atoms with E-state index in [-0.39, 0.29) is 11.5 Å². The van der Waals surface area contributed by atoms with Crippen molar-refractivity contribution in [1.29, 1.82) is 0 Å². The summed E-state index contributed by atoms with van der Waals surface area (Å²) in [6.45, 7) is 9.59. The first kappa shape index (κ1) is 27.4. The van der Waals surface area contributed by atoms with Gasteiger partial charge in [-0.2, -0.15) is 0 Å². The second-order valence-corrected chi connectivity index (χ2v) is 10.3. The molecule has 2 heterocycles. The van der Waals surface area contributed by atoms with E-state index in [0.29, 0.717) is 59.9 Å². The number of carbonyl (C=O) groups is 1. The molecule has 1 amide bonds. The largest absolute Gasteiger partial charge is 0.339 e. The van der Waals surface area contributed by atoms with Crippen LogP contribution in [0.25, 0.3) is 11.0 Å². The van der Waals surface area contributed by atoms with Crippen molar-refractivity contribution in [2.75, 3.05) is 13.1 Å². The molecular weight excluding hydrogens is 513 g/mol. The molecule has 1 aliphatic heterocycles. The first-order valence-electron chi connectivity index (χ1n) is 13.3. The number of aromatic nitrogens is 2. The van der Waals surface area contributed by atoms with Crippen molar-refractivity contribution < 1.29 is 18.0 Å². The Balaban J connectivity index is 1.38. The summed E-state index contributed by atoms with van der Waals surface area (Å²) in [5.41, 5.74) is 3.90. The monoisotopic (exact) mass is 544 g/mol. The number of para-hydroxylation sites is 2. The third-order valence-corrected chi connectivity index (χ3v) is 7.33. The van der Waals surface area contributed by atoms with E-state index in [0.717, 1.165) is 11.0 Å². The fourth-order valence-electron chi connectivity index (χ4n) is 5.44. The smallest absolute Gasteiger partial charge is 0.256 e. The van der Waals surface area contributed by atoms with Gasteiger partial charge in [-0.15, -0.1) is 0 Å². The summed E-state index contributed by atoms with van der Waals surface area (Å²) < 4.78 is 45.7. The Labute approximate surface area is 231 Å². The predicted octanol–water partition coefficient (Wildman–Crippen LogP) is 7.50. The molecule has 1 unspecified atom stereocenters. The highest BCUT2D eigenvalue weighted by Gasteiger charge is 2.30. The number of benzene rings is 3. The zero-order valence-electron chi connectivity index (χ0n) is 22.8. The highest BCUT2D eigenvalue weighted by atomic mass is 19.1. The molecule has 0 N–H and O–H groups in total. The number of imidazole rings is 1. The van der Waals surface area contributed by atoms with Gasteiger partial charge in [-0.1, -0.05) is 30.8 Å². The molecule has 8 heteroatoms. The summed E-state index contributed by atoms with van der Waals surface area (Å²) in [4.78, 5) is 24.2. The number of aryl methyl sites for hydroxylation is 1. The zero-order chi connectivity index (χ0) is 28.6. The zero-order valence-corrected chi connectivity index (χ0v) is 22.8. The molecule has 0 bridgehead atoms. The average Bonchev–Trinajstić information content (AvgIpc) is 3.32. The Morgan fingerprint density at radius 1 is 1.05 bits per heavy atom. The van der Waals surface area contributed by atoms with Crippen LogP contribution in [0.5, 0.6) is 0 Å². The van der Waals surface area contributed by atoms with Crippen LogP contribution in [-0.4, -0.2) is 39.2 Å². The van der Waals surface area contributed by atoms with Crippen molar-refractivity contribution in [3.05, 3.63) is 113 Å². The molecule has 0 aliphatic carbocycles. The lowest BCUT2D eigenvalue weighted by atomic mass is 9.93. The number of rotatable bonds is 6. The van der Waals surface area contributed by atoms with Crippen molar-refractivity contribution in [3.8, 4) is 0 Å². The molecule has 1 saturated heterocycles. The predicted molar refractivity (Wildman–Crippen MR) is 151 cm³/mol. The summed E-state index contributed by atoms with van der Waals surface area (Å²) in [7, 11) is 0. The first-order chi connectivity index (χ1) is 19.1. The van der Waals surface area contributed by atoms with Crippen LogP contribution in [0.3, 0.4) is 0 Å². The molecular formula is C32H31F3N4O. The maximum absolute atomic E-state index is 15.5. The van der Waals surface area contributed by atoms with Gasteiger partial charge in [0, 0.05) is 35.8 Å². The summed E-state index contributed by atoms with van der Waals surface area (Å²) >= 11 is 0. The molecule has 40 heavy (non-hydrogen) atoms. The number of nitrogens with zero attached hydrogens (tertiary/aromatic N) is 4. The van der Waals surface area contributed by atoms with Crippen molar-refractivity contribution in [1.82, 2.24) is 14.5 Å². The topological polar surface area (TPSA) is 50.5 Å². The van der Waals surface area contributed by atoms with Gasteiger partial charge < -0.3 is 4.90 Å². The van der Waals surface area contributed by atoms with Crippen LogP contribution in [0, 0.1) is 18.6 Å². The number of carbonyl (C=O) groups excluding carboxylic acids is 1. The third kappa shape index (κ3) is 5.30. The first-order valence-corrected chi connectivity index (χ1v) is 13.3. The second kappa shape index (κ2) is 11.1. The maximum atomic E-state index is 15.5. The highest BCUT2D eigenvalue weighted by Crippen LogP contribution is 2.33. The fourth-order valence-corrected chi connectivity index (χ4v) is 5.44. The minimum absolute atomic E-state index is 0.0178. The molecule has 1 fully saturated rings. The Kier molecular flexibility index (Phi) is 7.61. The number of hydrogen-bond acceptors (Lipinski definition) is 3. The third-order valence-electron chi connectivity index (χ3n) is 7.33. The molecule has 5 nitrogen and oxygen atoms in total. The van der Waals surface area contributed by atoms with Crippen molar-refractivity contribution in [2.24, 2.45) is 4.99 Å². The molecule has 4 aromatic rings. The average molecular weight is 545 g/mol. The van der Waals surface area contributed by atoms with Crippen LogP contribution in [0.2, 0.25) is 0 Å². The molecule has 1 aliphatic rings. The molecule has 1 atom stereocenters. The molecule has 1 aromatic heterocycles. The lowest BCUT2D eigenvalue weighted by molar-refractivity contribution is 0.0704. The van der Waals surface area contributed by atoms with Crippen molar-refractivity contribution in [2.45, 2.75) is 45.8 Å². The Hall–Kier alpha value is -4.20. The van der Waals surface area contributed by atoms with E-state index in [2.05, 4.69) is 11.6 Å². The number of piperidine rings is 1. The summed E-state index contributed by atoms with van der Waals surface area (Å²) in [5, 5.41) is 0. The van der Waals surface area contributed by atoms with Gasteiger partial charge in [0.25, 0.3) is 5.91 Å². The van der Waals surface area contributed by atoms with Crippen LogP contribution < -0.4 is 0 Å². The van der Waals surface area contributed by atoms with Crippen LogP contribution >= 0.6 is 0 Å². The Morgan fingerprint density at radius 3 is 2.45 bits per heavy atom. The quantitative estimate of drug-likeness (QED) is 0.236. The molecule has 206 valence electrons. The maximum Gasteiger partial charge on any atom is 0.256 e. The standard InChI is InChI=1S/C32H31F3N4O/c1-19(2)36-30(23-8-7-9-24(34)17-23)25-18-27(35)26(16-20(25)3)32(40)38-14-12-22(13-15-38)31-37-28-10-5-6-11-29(28)39(31)21(4)33/h5-11,16-18,21-22H,1,12-15H2,2-4H3. The van der Waals surface area contributed by atoms with Crippen LogP contribution in [0.4, 0.5) is 13.2 Å². The number of halogens is 3. The van der Waals surface area contributed by atoms with Gasteiger partial charge in [-0.05, 0) is 75.6 Å². The van der Waals surface area contributed by atoms with E-state index >= 15 is 4.39 Å². The van der Waals surface area contributed by atoms with Crippen LogP contribution in [0.1, 0.15) is 71.8 Å². The number of amides is 1. The van der Waals surface area contributed by atoms with E-state index in [1.165, 1.54) is 31.2 Å². The lowest BCUT2D eigenvalue weighted by Crippen LogP contribution is -2.39. The summed E-state index contributed by atoms with van der Waals surface area (Å²) in [6, 6.07) is 16.2. The summed E-state index contributed by atoms with van der Waals surface area (Å²) in [5.74, 6) is -0.849. The minimum atomic E-state index is -1.23. The molecule has 0 spiro atoms. The van der Waals surface area contributed by atoms with Gasteiger partial charge >= 0.3 is 0 Å². The summed E-state index contributed by atoms with van der Waals surface area (Å²) in [6.07, 6.45) is -0.0476. The molecule has 3 aromatic carbocycles. The fraction of sp³-hybridized carbons (Fsp3) is 0.281. The van der Waals surface area contributed by atoms with Gasteiger partial charge in [-0.3, -0.25) is 14.4 Å². The van der Waals surface area contributed by atoms with E-state index in [1.807, 2.05) is 24.3 Å². The van der Waals surface area contributed by atoms with E-state index < -0.39 is 23.8 Å². The number of likely N-dealkylation sites (tertiary alicyclic amines) is 1. The normalized spacial score (nSPS) is 15.4. The van der Waals surface area contributed by atoms with Crippen LogP contribution in [-0.2, 0) is 0 Å². The number of allylic oxidation sites excluding steroid dienone is 1. The van der Waals surface area contributed by atoms with Crippen molar-refractivity contribution >= 4 is 22.7 Å². The SMILES string of the molecule is C=C(C)N=C(c1cccc(F)c1)c1cc(F)c(C(=O)N2CCC(c3nc4ccccc4n3C(C)F)CC2)cc1C. The lowest BCUT2D eigenvalue weighted by Gasteiger charge is -2.32. The Morgan fingerprint density at radius 2 is 1.77 bits per heavy atom. The molecule has 0 radical (unpaired) electrons. The van der Waals surface area contributed by atoms with E-state index in [1.54, 1.807) is 35.4 Å². The molecule has 5 rings (SSSR count).